The molecule has 0 aliphatic heterocycles. The second-order valence-corrected chi connectivity index (χ2v) is 2.39. The summed E-state index contributed by atoms with van der Waals surface area (Å²) in [7, 11) is 0. The first-order valence-electron chi connectivity index (χ1n) is 3.46. The lowest BCUT2D eigenvalue weighted by molar-refractivity contribution is -0.249. The Labute approximate surface area is 59.7 Å². The molecule has 0 atom stereocenters. The van der Waals surface area contributed by atoms with Gasteiger partial charge in [-0.1, -0.05) is 6.08 Å². The van der Waals surface area contributed by atoms with Crippen molar-refractivity contribution in [2.45, 2.75) is 25.7 Å². The highest BCUT2D eigenvalue weighted by Crippen LogP contribution is 2.14. The standard InChI is InChI=1S/C7H11NO2/c9-7(10)8-6-4-2-1-3-5-6/h4,8H,1-3,5H2,(H,9,10)/p-1. The normalized spacial score (nSPS) is 17.8. The Hall–Kier alpha value is -0.990. The smallest absolute Gasteiger partial charge is 0.138 e. The molecule has 0 radical (unpaired) electrons. The average Bonchev–Trinajstić information content (AvgIpc) is 1.88. The summed E-state index contributed by atoms with van der Waals surface area (Å²) in [5.74, 6) is 0. The summed E-state index contributed by atoms with van der Waals surface area (Å²) >= 11 is 0. The van der Waals surface area contributed by atoms with E-state index in [0.717, 1.165) is 31.4 Å². The molecule has 1 rings (SSSR count). The number of hydrogen-bond donors (Lipinski definition) is 1. The number of nitrogens with one attached hydrogen (secondary N) is 1. The summed E-state index contributed by atoms with van der Waals surface area (Å²) < 4.78 is 0. The maximum absolute atomic E-state index is 10.0. The molecular formula is C7H10NO2-. The fourth-order valence-corrected chi connectivity index (χ4v) is 1.08. The number of amides is 1. The molecule has 0 saturated heterocycles. The van der Waals surface area contributed by atoms with Crippen molar-refractivity contribution in [1.29, 1.82) is 0 Å². The molecule has 0 bridgehead atoms. The summed E-state index contributed by atoms with van der Waals surface area (Å²) in [6.45, 7) is 0. The molecule has 3 heteroatoms. The fourth-order valence-electron chi connectivity index (χ4n) is 1.08. The van der Waals surface area contributed by atoms with Crippen molar-refractivity contribution in [2.75, 3.05) is 0 Å². The van der Waals surface area contributed by atoms with Crippen LogP contribution in [0.15, 0.2) is 11.8 Å². The van der Waals surface area contributed by atoms with Crippen molar-refractivity contribution in [2.24, 2.45) is 0 Å². The summed E-state index contributed by atoms with van der Waals surface area (Å²) in [5, 5.41) is 12.3. The van der Waals surface area contributed by atoms with E-state index in [4.69, 9.17) is 0 Å². The van der Waals surface area contributed by atoms with Crippen molar-refractivity contribution in [3.63, 3.8) is 0 Å². The molecule has 0 aromatic rings. The van der Waals surface area contributed by atoms with Crippen LogP contribution in [-0.4, -0.2) is 6.09 Å². The number of carbonyl (C=O) groups is 1. The van der Waals surface area contributed by atoms with E-state index < -0.39 is 6.09 Å². The van der Waals surface area contributed by atoms with Gasteiger partial charge in [0.25, 0.3) is 0 Å². The van der Waals surface area contributed by atoms with Crippen molar-refractivity contribution in [3.8, 4) is 0 Å². The Balaban J connectivity index is 2.38. The van der Waals surface area contributed by atoms with Gasteiger partial charge in [0.15, 0.2) is 0 Å². The molecule has 0 fully saturated rings. The maximum atomic E-state index is 10.0. The minimum Gasteiger partial charge on any atom is -0.530 e. The van der Waals surface area contributed by atoms with E-state index in [1.807, 2.05) is 6.08 Å². The van der Waals surface area contributed by atoms with E-state index in [2.05, 4.69) is 5.32 Å². The summed E-state index contributed by atoms with van der Waals surface area (Å²) in [5.41, 5.74) is 0.797. The van der Waals surface area contributed by atoms with Crippen LogP contribution in [0.25, 0.3) is 0 Å². The maximum Gasteiger partial charge on any atom is 0.138 e. The summed E-state index contributed by atoms with van der Waals surface area (Å²) in [4.78, 5) is 10.0. The summed E-state index contributed by atoms with van der Waals surface area (Å²) in [6.07, 6.45) is 4.78. The predicted octanol–water partition coefficient (Wildman–Crippen LogP) is 0.377. The Morgan fingerprint density at radius 3 is 2.90 bits per heavy atom. The van der Waals surface area contributed by atoms with Crippen LogP contribution in [0.4, 0.5) is 4.79 Å². The SMILES string of the molecule is O=C([O-])NC1=CCCCC1. The lowest BCUT2D eigenvalue weighted by Crippen LogP contribution is -2.36. The molecule has 0 aromatic heterocycles. The van der Waals surface area contributed by atoms with Crippen LogP contribution in [0, 0.1) is 0 Å². The van der Waals surface area contributed by atoms with E-state index in [9.17, 15) is 9.90 Å². The van der Waals surface area contributed by atoms with Gasteiger partial charge in [-0.3, -0.25) is 0 Å². The van der Waals surface area contributed by atoms with Gasteiger partial charge in [0, 0.05) is 5.70 Å². The Morgan fingerprint density at radius 1 is 1.60 bits per heavy atom. The number of rotatable bonds is 1. The molecule has 56 valence electrons. The first kappa shape index (κ1) is 7.12. The molecule has 1 aliphatic rings. The van der Waals surface area contributed by atoms with Crippen LogP contribution >= 0.6 is 0 Å². The van der Waals surface area contributed by atoms with E-state index in [1.165, 1.54) is 0 Å². The van der Waals surface area contributed by atoms with Gasteiger partial charge in [-0.15, -0.1) is 0 Å². The van der Waals surface area contributed by atoms with Gasteiger partial charge < -0.3 is 15.2 Å². The van der Waals surface area contributed by atoms with Crippen LogP contribution in [0.3, 0.4) is 0 Å². The number of allylic oxidation sites excluding steroid dienone is 2. The molecular weight excluding hydrogens is 130 g/mol. The van der Waals surface area contributed by atoms with E-state index in [0.29, 0.717) is 0 Å². The summed E-state index contributed by atoms with van der Waals surface area (Å²) in [6, 6.07) is 0. The van der Waals surface area contributed by atoms with Gasteiger partial charge in [-0.25, -0.2) is 0 Å². The van der Waals surface area contributed by atoms with Gasteiger partial charge in [-0.2, -0.15) is 0 Å². The molecule has 0 spiro atoms. The monoisotopic (exact) mass is 140 g/mol. The van der Waals surface area contributed by atoms with Crippen LogP contribution in [0.2, 0.25) is 0 Å². The van der Waals surface area contributed by atoms with Crippen LogP contribution in [0.1, 0.15) is 25.7 Å². The molecule has 1 amide bonds. The first-order valence-corrected chi connectivity index (χ1v) is 3.46. The Morgan fingerprint density at radius 2 is 2.40 bits per heavy atom. The molecule has 3 nitrogen and oxygen atoms in total. The highest BCUT2D eigenvalue weighted by Gasteiger charge is 2.01. The van der Waals surface area contributed by atoms with E-state index >= 15 is 0 Å². The van der Waals surface area contributed by atoms with Crippen molar-refractivity contribution >= 4 is 6.09 Å². The third-order valence-corrected chi connectivity index (χ3v) is 1.55. The predicted molar refractivity (Wildman–Crippen MR) is 35.1 cm³/mol. The molecule has 0 aromatic carbocycles. The highest BCUT2D eigenvalue weighted by molar-refractivity contribution is 5.64. The molecule has 1 N–H and O–H groups in total. The van der Waals surface area contributed by atoms with Crippen molar-refractivity contribution in [1.82, 2.24) is 5.32 Å². The second kappa shape index (κ2) is 3.25. The fraction of sp³-hybridized carbons (Fsp3) is 0.571. The molecule has 0 unspecified atom stereocenters. The van der Waals surface area contributed by atoms with E-state index in [1.54, 1.807) is 0 Å². The lowest BCUT2D eigenvalue weighted by atomic mass is 10.1. The third kappa shape index (κ3) is 2.09. The van der Waals surface area contributed by atoms with Gasteiger partial charge in [0.2, 0.25) is 0 Å². The number of hydrogen-bond acceptors (Lipinski definition) is 2. The van der Waals surface area contributed by atoms with Gasteiger partial charge in [0.1, 0.15) is 6.09 Å². The van der Waals surface area contributed by atoms with Crippen LogP contribution in [-0.2, 0) is 0 Å². The Bertz CT molecular complexity index is 163. The van der Waals surface area contributed by atoms with Gasteiger partial charge in [-0.05, 0) is 25.7 Å². The molecule has 1 aliphatic carbocycles. The van der Waals surface area contributed by atoms with Gasteiger partial charge in [0.05, 0.1) is 0 Å². The second-order valence-electron chi connectivity index (χ2n) is 2.39. The number of carbonyl (C=O) groups excluding carboxylic acids is 1. The molecule has 0 heterocycles. The Kier molecular flexibility index (Phi) is 2.31. The minimum absolute atomic E-state index is 0.797. The molecule has 10 heavy (non-hydrogen) atoms. The largest absolute Gasteiger partial charge is 0.530 e. The zero-order valence-electron chi connectivity index (χ0n) is 5.72. The first-order chi connectivity index (χ1) is 4.79. The minimum atomic E-state index is -1.20. The van der Waals surface area contributed by atoms with Crippen LogP contribution in [0.5, 0.6) is 0 Å². The van der Waals surface area contributed by atoms with Gasteiger partial charge >= 0.3 is 0 Å². The lowest BCUT2D eigenvalue weighted by Gasteiger charge is -2.14. The molecule has 0 saturated carbocycles. The number of carboxylic acid groups (broad SMARTS) is 1. The average molecular weight is 140 g/mol. The quantitative estimate of drug-likeness (QED) is 0.572. The van der Waals surface area contributed by atoms with E-state index in [-0.39, 0.29) is 0 Å². The van der Waals surface area contributed by atoms with Crippen molar-refractivity contribution in [3.05, 3.63) is 11.8 Å². The zero-order chi connectivity index (χ0) is 7.40. The topological polar surface area (TPSA) is 52.2 Å². The third-order valence-electron chi connectivity index (χ3n) is 1.55. The highest BCUT2D eigenvalue weighted by atomic mass is 16.4. The van der Waals surface area contributed by atoms with Crippen molar-refractivity contribution < 1.29 is 9.90 Å². The zero-order valence-corrected chi connectivity index (χ0v) is 5.72. The van der Waals surface area contributed by atoms with Crippen LogP contribution < -0.4 is 10.4 Å².